The molecule has 0 aromatic carbocycles. The molecular weight excluding hydrogens is 745 g/mol. The molecule has 0 N–H and O–H groups in total. The van der Waals surface area contributed by atoms with Crippen LogP contribution in [0.4, 0.5) is 0 Å². The Bertz CT molecular complexity index is 1020. The molecule has 0 amide bonds. The van der Waals surface area contributed by atoms with Crippen molar-refractivity contribution in [1.29, 1.82) is 0 Å². The lowest BCUT2D eigenvalue weighted by Crippen LogP contribution is -2.30. The van der Waals surface area contributed by atoms with Crippen molar-refractivity contribution in [3.8, 4) is 0 Å². The lowest BCUT2D eigenvalue weighted by atomic mass is 10.1. The van der Waals surface area contributed by atoms with Gasteiger partial charge in [0.15, 0.2) is 6.10 Å². The minimum absolute atomic E-state index is 0.0783. The van der Waals surface area contributed by atoms with E-state index in [-0.39, 0.29) is 31.1 Å². The van der Waals surface area contributed by atoms with E-state index in [1.54, 1.807) is 0 Å². The van der Waals surface area contributed by atoms with Crippen LogP contribution in [-0.4, -0.2) is 37.2 Å². The second kappa shape index (κ2) is 49.3. The molecule has 0 heterocycles. The summed E-state index contributed by atoms with van der Waals surface area (Å²) in [6.07, 6.45) is 57.0. The fourth-order valence-corrected chi connectivity index (χ4v) is 7.35. The second-order valence-electron chi connectivity index (χ2n) is 17.4. The van der Waals surface area contributed by atoms with Crippen molar-refractivity contribution < 1.29 is 28.6 Å². The average molecular weight is 843 g/mol. The molecule has 0 aliphatic carbocycles. The number of hydrogen-bond donors (Lipinski definition) is 0. The van der Waals surface area contributed by atoms with E-state index in [1.807, 2.05) is 0 Å². The zero-order valence-corrected chi connectivity index (χ0v) is 40.0. The molecular formula is C54H98O6. The molecule has 0 saturated heterocycles. The number of carbonyl (C=O) groups is 3. The summed E-state index contributed by atoms with van der Waals surface area (Å²) in [6, 6.07) is 0. The van der Waals surface area contributed by atoms with Gasteiger partial charge in [0.25, 0.3) is 0 Å². The number of esters is 3. The van der Waals surface area contributed by atoms with Crippen LogP contribution >= 0.6 is 0 Å². The highest BCUT2D eigenvalue weighted by Gasteiger charge is 2.19. The molecule has 0 aromatic heterocycles. The molecule has 1 unspecified atom stereocenters. The van der Waals surface area contributed by atoms with Gasteiger partial charge in [-0.05, 0) is 89.9 Å². The van der Waals surface area contributed by atoms with Gasteiger partial charge in [0.1, 0.15) is 13.2 Å². The largest absolute Gasteiger partial charge is 0.462 e. The number of ether oxygens (including phenoxy) is 3. The summed E-state index contributed by atoms with van der Waals surface area (Å²) < 4.78 is 16.8. The van der Waals surface area contributed by atoms with Crippen molar-refractivity contribution in [2.24, 2.45) is 0 Å². The molecule has 60 heavy (non-hydrogen) atoms. The molecule has 6 heteroatoms. The van der Waals surface area contributed by atoms with Gasteiger partial charge in [-0.3, -0.25) is 14.4 Å². The molecule has 0 fully saturated rings. The highest BCUT2D eigenvalue weighted by Crippen LogP contribution is 2.15. The third kappa shape index (κ3) is 46.7. The quantitative estimate of drug-likeness (QED) is 0.0263. The Hall–Kier alpha value is -2.37. The molecule has 0 rings (SSSR count). The summed E-state index contributed by atoms with van der Waals surface area (Å²) in [5, 5.41) is 0. The van der Waals surface area contributed by atoms with E-state index < -0.39 is 6.10 Å². The van der Waals surface area contributed by atoms with Crippen LogP contribution in [0.1, 0.15) is 271 Å². The zero-order valence-electron chi connectivity index (χ0n) is 40.0. The third-order valence-corrected chi connectivity index (χ3v) is 11.3. The summed E-state index contributed by atoms with van der Waals surface area (Å²) in [5.74, 6) is -0.893. The summed E-state index contributed by atoms with van der Waals surface area (Å²) in [4.78, 5) is 37.9. The number of rotatable bonds is 47. The third-order valence-electron chi connectivity index (χ3n) is 11.3. The van der Waals surface area contributed by atoms with Crippen molar-refractivity contribution in [3.63, 3.8) is 0 Å². The van der Waals surface area contributed by atoms with E-state index in [0.717, 1.165) is 77.0 Å². The van der Waals surface area contributed by atoms with E-state index in [2.05, 4.69) is 57.2 Å². The predicted molar refractivity (Wildman–Crippen MR) is 256 cm³/mol. The molecule has 0 radical (unpaired) electrons. The van der Waals surface area contributed by atoms with Gasteiger partial charge in [-0.25, -0.2) is 0 Å². The number of unbranched alkanes of at least 4 members (excludes halogenated alkanes) is 30. The minimum atomic E-state index is -0.777. The summed E-state index contributed by atoms with van der Waals surface area (Å²) in [5.41, 5.74) is 0. The van der Waals surface area contributed by atoms with Gasteiger partial charge in [0, 0.05) is 19.3 Å². The first-order valence-electron chi connectivity index (χ1n) is 26.0. The van der Waals surface area contributed by atoms with Crippen LogP contribution in [0.25, 0.3) is 0 Å². The van der Waals surface area contributed by atoms with Crippen molar-refractivity contribution in [2.45, 2.75) is 277 Å². The molecule has 0 saturated carbocycles. The van der Waals surface area contributed by atoms with Gasteiger partial charge < -0.3 is 14.2 Å². The normalized spacial score (nSPS) is 12.2. The Labute approximate surface area is 372 Å². The van der Waals surface area contributed by atoms with E-state index in [4.69, 9.17) is 14.2 Å². The van der Waals surface area contributed by atoms with Crippen LogP contribution in [0.3, 0.4) is 0 Å². The van der Waals surface area contributed by atoms with E-state index >= 15 is 0 Å². The number of hydrogen-bond acceptors (Lipinski definition) is 6. The maximum absolute atomic E-state index is 12.8. The monoisotopic (exact) mass is 843 g/mol. The van der Waals surface area contributed by atoms with Crippen LogP contribution in [0.2, 0.25) is 0 Å². The second-order valence-corrected chi connectivity index (χ2v) is 17.4. The van der Waals surface area contributed by atoms with Gasteiger partial charge in [-0.15, -0.1) is 0 Å². The SMILES string of the molecule is CCCC/C=C\CCCCCCC(=O)OCC(COC(=O)CCCCCCCCC/C=C\CCCCCCCC)OC(=O)CCCCCCCCC/C=C\CCCCCC. The minimum Gasteiger partial charge on any atom is -0.462 e. The number of carbonyl (C=O) groups excluding carboxylic acids is 3. The molecule has 0 aliphatic heterocycles. The van der Waals surface area contributed by atoms with Crippen molar-refractivity contribution in [2.75, 3.05) is 13.2 Å². The maximum Gasteiger partial charge on any atom is 0.306 e. The topological polar surface area (TPSA) is 78.9 Å². The fourth-order valence-electron chi connectivity index (χ4n) is 7.35. The number of allylic oxidation sites excluding steroid dienone is 6. The maximum atomic E-state index is 12.8. The highest BCUT2D eigenvalue weighted by molar-refractivity contribution is 5.71. The molecule has 6 nitrogen and oxygen atoms in total. The lowest BCUT2D eigenvalue weighted by molar-refractivity contribution is -0.167. The Morgan fingerprint density at radius 3 is 0.900 bits per heavy atom. The van der Waals surface area contributed by atoms with Crippen LogP contribution < -0.4 is 0 Å². The van der Waals surface area contributed by atoms with Crippen molar-refractivity contribution in [1.82, 2.24) is 0 Å². The van der Waals surface area contributed by atoms with Crippen LogP contribution in [0.5, 0.6) is 0 Å². The Kier molecular flexibility index (Phi) is 47.3. The summed E-state index contributed by atoms with van der Waals surface area (Å²) >= 11 is 0. The standard InChI is InChI=1S/C54H98O6/c1-4-7-10-13-16-19-22-24-26-27-29-30-32-35-38-41-44-47-53(56)59-50-51(49-58-52(55)46-43-40-37-34-21-18-15-12-9-6-3)60-54(57)48-45-42-39-36-33-31-28-25-23-20-17-14-11-8-5-2/h15,18,20,23-24,26,51H,4-14,16-17,19,21-22,25,27-50H2,1-3H3/b18-15-,23-20-,26-24-. The first kappa shape index (κ1) is 57.6. The molecule has 0 aromatic rings. The Morgan fingerprint density at radius 2 is 0.567 bits per heavy atom. The van der Waals surface area contributed by atoms with Gasteiger partial charge in [0.05, 0.1) is 0 Å². The van der Waals surface area contributed by atoms with Gasteiger partial charge >= 0.3 is 17.9 Å². The molecule has 1 atom stereocenters. The van der Waals surface area contributed by atoms with Crippen molar-refractivity contribution in [3.05, 3.63) is 36.5 Å². The molecule has 0 aliphatic rings. The van der Waals surface area contributed by atoms with E-state index in [1.165, 1.54) is 154 Å². The Morgan fingerprint density at radius 1 is 0.317 bits per heavy atom. The van der Waals surface area contributed by atoms with Crippen molar-refractivity contribution >= 4 is 17.9 Å². The smallest absolute Gasteiger partial charge is 0.306 e. The lowest BCUT2D eigenvalue weighted by Gasteiger charge is -2.18. The van der Waals surface area contributed by atoms with E-state index in [0.29, 0.717) is 19.3 Å². The van der Waals surface area contributed by atoms with Crippen LogP contribution in [0, 0.1) is 0 Å². The van der Waals surface area contributed by atoms with Gasteiger partial charge in [0.2, 0.25) is 0 Å². The molecule has 0 bridgehead atoms. The van der Waals surface area contributed by atoms with Crippen LogP contribution in [0.15, 0.2) is 36.5 Å². The average Bonchev–Trinajstić information content (AvgIpc) is 3.24. The molecule has 0 spiro atoms. The highest BCUT2D eigenvalue weighted by atomic mass is 16.6. The molecule has 350 valence electrons. The van der Waals surface area contributed by atoms with Gasteiger partial charge in [-0.1, -0.05) is 198 Å². The fraction of sp³-hybridized carbons (Fsp3) is 0.833. The van der Waals surface area contributed by atoms with Crippen LogP contribution in [-0.2, 0) is 28.6 Å². The first-order valence-corrected chi connectivity index (χ1v) is 26.0. The first-order chi connectivity index (χ1) is 29.5. The van der Waals surface area contributed by atoms with E-state index in [9.17, 15) is 14.4 Å². The Balaban J connectivity index is 4.33. The van der Waals surface area contributed by atoms with Gasteiger partial charge in [-0.2, -0.15) is 0 Å². The summed E-state index contributed by atoms with van der Waals surface area (Å²) in [7, 11) is 0. The zero-order chi connectivity index (χ0) is 43.7. The summed E-state index contributed by atoms with van der Waals surface area (Å²) in [6.45, 7) is 6.58. The predicted octanol–water partition coefficient (Wildman–Crippen LogP) is 16.9.